The molecule has 1 saturated carbocycles. The second-order valence-corrected chi connectivity index (χ2v) is 6.25. The molecule has 118 valence electrons. The molecule has 1 aliphatic carbocycles. The van der Waals surface area contributed by atoms with Gasteiger partial charge >= 0.3 is 5.97 Å². The van der Waals surface area contributed by atoms with Crippen LogP contribution in [-0.2, 0) is 19.1 Å². The van der Waals surface area contributed by atoms with Crippen molar-refractivity contribution in [3.05, 3.63) is 0 Å². The molecule has 2 rings (SSSR count). The van der Waals surface area contributed by atoms with E-state index in [1.54, 1.807) is 4.90 Å². The number of carbonyl (C=O) groups is 3. The summed E-state index contributed by atoms with van der Waals surface area (Å²) in [4.78, 5) is 37.8. The standard InChI is InChI=1S/C15H24N2O4/c1-10(2)9-21-13(18)8-12-14(19)16-6-7-17(12)15(20)11-4-3-5-11/h10-12H,3-9H2,1-2H3,(H,16,19). The van der Waals surface area contributed by atoms with Gasteiger partial charge in [0.2, 0.25) is 11.8 Å². The molecule has 0 aromatic rings. The lowest BCUT2D eigenvalue weighted by Gasteiger charge is -2.38. The zero-order chi connectivity index (χ0) is 15.4. The van der Waals surface area contributed by atoms with Crippen molar-refractivity contribution in [2.75, 3.05) is 19.7 Å². The number of hydrogen-bond donors (Lipinski definition) is 1. The maximum Gasteiger partial charge on any atom is 0.308 e. The van der Waals surface area contributed by atoms with Crippen LogP contribution in [0, 0.1) is 11.8 Å². The van der Waals surface area contributed by atoms with Crippen molar-refractivity contribution in [2.24, 2.45) is 11.8 Å². The number of nitrogens with one attached hydrogen (secondary N) is 1. The van der Waals surface area contributed by atoms with Crippen molar-refractivity contribution in [2.45, 2.75) is 45.6 Å². The van der Waals surface area contributed by atoms with Gasteiger partial charge in [0, 0.05) is 19.0 Å². The zero-order valence-corrected chi connectivity index (χ0v) is 12.8. The third-order valence-corrected chi connectivity index (χ3v) is 4.01. The topological polar surface area (TPSA) is 75.7 Å². The van der Waals surface area contributed by atoms with Crippen LogP contribution in [0.3, 0.4) is 0 Å². The first-order chi connectivity index (χ1) is 9.99. The summed E-state index contributed by atoms with van der Waals surface area (Å²) < 4.78 is 5.13. The Balaban J connectivity index is 1.96. The fourth-order valence-corrected chi connectivity index (χ4v) is 2.55. The van der Waals surface area contributed by atoms with Gasteiger partial charge < -0.3 is 15.0 Å². The molecule has 1 saturated heterocycles. The van der Waals surface area contributed by atoms with Gasteiger partial charge in [-0.2, -0.15) is 0 Å². The molecular weight excluding hydrogens is 272 g/mol. The van der Waals surface area contributed by atoms with Crippen LogP contribution in [0.4, 0.5) is 0 Å². The highest BCUT2D eigenvalue weighted by molar-refractivity contribution is 5.92. The summed E-state index contributed by atoms with van der Waals surface area (Å²) in [5, 5.41) is 2.72. The summed E-state index contributed by atoms with van der Waals surface area (Å²) >= 11 is 0. The molecule has 2 fully saturated rings. The molecule has 6 heteroatoms. The van der Waals surface area contributed by atoms with Crippen LogP contribution < -0.4 is 5.32 Å². The minimum Gasteiger partial charge on any atom is -0.465 e. The molecule has 1 N–H and O–H groups in total. The van der Waals surface area contributed by atoms with Gasteiger partial charge in [0.05, 0.1) is 13.0 Å². The van der Waals surface area contributed by atoms with Crippen LogP contribution in [0.2, 0.25) is 0 Å². The Hall–Kier alpha value is -1.59. The van der Waals surface area contributed by atoms with E-state index in [1.165, 1.54) is 0 Å². The number of piperazine rings is 1. The zero-order valence-electron chi connectivity index (χ0n) is 12.8. The van der Waals surface area contributed by atoms with Gasteiger partial charge in [-0.25, -0.2) is 0 Å². The Labute approximate surface area is 125 Å². The molecule has 1 aliphatic heterocycles. The Morgan fingerprint density at radius 1 is 1.38 bits per heavy atom. The van der Waals surface area contributed by atoms with Crippen LogP contribution >= 0.6 is 0 Å². The number of ether oxygens (including phenoxy) is 1. The monoisotopic (exact) mass is 296 g/mol. The number of nitrogens with zero attached hydrogens (tertiary/aromatic N) is 1. The molecule has 2 aliphatic rings. The molecule has 2 amide bonds. The summed E-state index contributed by atoms with van der Waals surface area (Å²) in [7, 11) is 0. The van der Waals surface area contributed by atoms with Crippen molar-refractivity contribution in [3.63, 3.8) is 0 Å². The predicted octanol–water partition coefficient (Wildman–Crippen LogP) is 0.703. The summed E-state index contributed by atoms with van der Waals surface area (Å²) in [6, 6.07) is -0.716. The van der Waals surface area contributed by atoms with Crippen LogP contribution in [0.25, 0.3) is 0 Å². The molecule has 1 unspecified atom stereocenters. The minimum atomic E-state index is -0.716. The fourth-order valence-electron chi connectivity index (χ4n) is 2.55. The molecule has 0 bridgehead atoms. The van der Waals surface area contributed by atoms with Crippen LogP contribution in [-0.4, -0.2) is 48.4 Å². The van der Waals surface area contributed by atoms with E-state index < -0.39 is 12.0 Å². The average Bonchev–Trinajstić information content (AvgIpc) is 2.36. The van der Waals surface area contributed by atoms with E-state index in [9.17, 15) is 14.4 Å². The van der Waals surface area contributed by atoms with E-state index in [-0.39, 0.29) is 30.1 Å². The molecule has 1 heterocycles. The molecule has 1 atom stereocenters. The normalized spacial score (nSPS) is 22.7. The lowest BCUT2D eigenvalue weighted by Crippen LogP contribution is -2.59. The van der Waals surface area contributed by atoms with E-state index in [4.69, 9.17) is 4.74 Å². The molecule has 0 radical (unpaired) electrons. The second kappa shape index (κ2) is 6.91. The quantitative estimate of drug-likeness (QED) is 0.758. The highest BCUT2D eigenvalue weighted by Gasteiger charge is 2.39. The van der Waals surface area contributed by atoms with Gasteiger partial charge in [-0.15, -0.1) is 0 Å². The highest BCUT2D eigenvalue weighted by Crippen LogP contribution is 2.29. The van der Waals surface area contributed by atoms with Gasteiger partial charge in [0.15, 0.2) is 0 Å². The minimum absolute atomic E-state index is 0.0118. The third kappa shape index (κ3) is 3.95. The highest BCUT2D eigenvalue weighted by atomic mass is 16.5. The molecular formula is C15H24N2O4. The number of hydrogen-bond acceptors (Lipinski definition) is 4. The summed E-state index contributed by atoms with van der Waals surface area (Å²) in [6.07, 6.45) is 2.79. The number of amides is 2. The van der Waals surface area contributed by atoms with E-state index in [0.717, 1.165) is 19.3 Å². The second-order valence-electron chi connectivity index (χ2n) is 6.25. The summed E-state index contributed by atoms with van der Waals surface area (Å²) in [6.45, 7) is 5.17. The number of rotatable bonds is 5. The maximum absolute atomic E-state index is 12.4. The Bertz CT molecular complexity index is 418. The lowest BCUT2D eigenvalue weighted by molar-refractivity contribution is -0.154. The molecule has 6 nitrogen and oxygen atoms in total. The average molecular weight is 296 g/mol. The maximum atomic E-state index is 12.4. The van der Waals surface area contributed by atoms with Crippen LogP contribution in [0.5, 0.6) is 0 Å². The first-order valence-electron chi connectivity index (χ1n) is 7.73. The lowest BCUT2D eigenvalue weighted by atomic mass is 9.83. The fraction of sp³-hybridized carbons (Fsp3) is 0.800. The SMILES string of the molecule is CC(C)COC(=O)CC1C(=O)NCCN1C(=O)C1CCC1. The Morgan fingerprint density at radius 2 is 2.10 bits per heavy atom. The van der Waals surface area contributed by atoms with Crippen molar-refractivity contribution >= 4 is 17.8 Å². The van der Waals surface area contributed by atoms with E-state index in [2.05, 4.69) is 5.32 Å². The van der Waals surface area contributed by atoms with E-state index in [0.29, 0.717) is 19.7 Å². The summed E-state index contributed by atoms with van der Waals surface area (Å²) in [5.41, 5.74) is 0. The summed E-state index contributed by atoms with van der Waals surface area (Å²) in [5.74, 6) is -0.378. The van der Waals surface area contributed by atoms with Crippen molar-refractivity contribution < 1.29 is 19.1 Å². The van der Waals surface area contributed by atoms with Gasteiger partial charge in [-0.1, -0.05) is 20.3 Å². The molecule has 0 aromatic carbocycles. The first kappa shape index (κ1) is 15.8. The van der Waals surface area contributed by atoms with Crippen LogP contribution in [0.15, 0.2) is 0 Å². The van der Waals surface area contributed by atoms with Gasteiger partial charge in [-0.3, -0.25) is 14.4 Å². The Morgan fingerprint density at radius 3 is 2.67 bits per heavy atom. The van der Waals surface area contributed by atoms with Crippen molar-refractivity contribution in [3.8, 4) is 0 Å². The number of carbonyl (C=O) groups excluding carboxylic acids is 3. The van der Waals surface area contributed by atoms with Gasteiger partial charge in [0.25, 0.3) is 0 Å². The predicted molar refractivity (Wildman–Crippen MR) is 76.3 cm³/mol. The third-order valence-electron chi connectivity index (χ3n) is 4.01. The van der Waals surface area contributed by atoms with Crippen LogP contribution in [0.1, 0.15) is 39.5 Å². The van der Waals surface area contributed by atoms with Crippen molar-refractivity contribution in [1.82, 2.24) is 10.2 Å². The van der Waals surface area contributed by atoms with E-state index >= 15 is 0 Å². The largest absolute Gasteiger partial charge is 0.465 e. The first-order valence-corrected chi connectivity index (χ1v) is 7.73. The molecule has 21 heavy (non-hydrogen) atoms. The van der Waals surface area contributed by atoms with Gasteiger partial charge in [0.1, 0.15) is 6.04 Å². The number of esters is 1. The molecule has 0 spiro atoms. The van der Waals surface area contributed by atoms with Gasteiger partial charge in [-0.05, 0) is 18.8 Å². The Kier molecular flexibility index (Phi) is 5.20. The van der Waals surface area contributed by atoms with Crippen molar-refractivity contribution in [1.29, 1.82) is 0 Å². The van der Waals surface area contributed by atoms with E-state index in [1.807, 2.05) is 13.8 Å². The smallest absolute Gasteiger partial charge is 0.308 e. The molecule has 0 aromatic heterocycles.